The second-order valence-electron chi connectivity index (χ2n) is 5.54. The zero-order valence-corrected chi connectivity index (χ0v) is 12.8. The Morgan fingerprint density at radius 2 is 1.86 bits per heavy atom. The van der Waals surface area contributed by atoms with Gasteiger partial charge in [0.1, 0.15) is 0 Å². The van der Waals surface area contributed by atoms with Gasteiger partial charge in [0, 0.05) is 6.54 Å². The SMILES string of the molecule is CC(C)CN(CC(N)=O)C(C)C(=O)Nc1ccccc1N. The number of primary amides is 1. The fourth-order valence-corrected chi connectivity index (χ4v) is 2.04. The maximum Gasteiger partial charge on any atom is 0.241 e. The van der Waals surface area contributed by atoms with E-state index in [4.69, 9.17) is 11.5 Å². The fraction of sp³-hybridized carbons (Fsp3) is 0.467. The van der Waals surface area contributed by atoms with E-state index in [9.17, 15) is 9.59 Å². The summed E-state index contributed by atoms with van der Waals surface area (Å²) in [6.07, 6.45) is 0. The van der Waals surface area contributed by atoms with E-state index >= 15 is 0 Å². The first-order valence-electron chi connectivity index (χ1n) is 6.99. The Labute approximate surface area is 125 Å². The zero-order chi connectivity index (χ0) is 16.0. The Balaban J connectivity index is 2.77. The number of carbonyl (C=O) groups is 2. The average molecular weight is 292 g/mol. The molecule has 116 valence electrons. The molecule has 6 heteroatoms. The molecule has 1 atom stereocenters. The number of carbonyl (C=O) groups excluding carboxylic acids is 2. The van der Waals surface area contributed by atoms with E-state index in [1.54, 1.807) is 36.1 Å². The summed E-state index contributed by atoms with van der Waals surface area (Å²) in [4.78, 5) is 25.2. The van der Waals surface area contributed by atoms with Crippen LogP contribution in [0.1, 0.15) is 20.8 Å². The van der Waals surface area contributed by atoms with Crippen LogP contribution in [-0.4, -0.2) is 35.8 Å². The van der Waals surface area contributed by atoms with Gasteiger partial charge in [0.15, 0.2) is 0 Å². The van der Waals surface area contributed by atoms with Crippen molar-refractivity contribution >= 4 is 23.2 Å². The molecule has 0 aliphatic rings. The van der Waals surface area contributed by atoms with E-state index < -0.39 is 11.9 Å². The van der Waals surface area contributed by atoms with E-state index in [-0.39, 0.29) is 12.5 Å². The minimum atomic E-state index is -0.473. The molecular weight excluding hydrogens is 268 g/mol. The first-order valence-corrected chi connectivity index (χ1v) is 6.99. The maximum absolute atomic E-state index is 12.3. The highest BCUT2D eigenvalue weighted by Gasteiger charge is 2.23. The molecule has 1 unspecified atom stereocenters. The van der Waals surface area contributed by atoms with Crippen molar-refractivity contribution in [3.63, 3.8) is 0 Å². The average Bonchev–Trinajstić information content (AvgIpc) is 2.38. The predicted molar refractivity (Wildman–Crippen MR) is 84.6 cm³/mol. The largest absolute Gasteiger partial charge is 0.397 e. The molecule has 0 radical (unpaired) electrons. The van der Waals surface area contributed by atoms with Gasteiger partial charge in [-0.2, -0.15) is 0 Å². The Hall–Kier alpha value is -2.08. The molecular formula is C15H24N4O2. The lowest BCUT2D eigenvalue weighted by Crippen LogP contribution is -2.47. The number of rotatable bonds is 7. The van der Waals surface area contributed by atoms with Crippen LogP contribution in [0.25, 0.3) is 0 Å². The highest BCUT2D eigenvalue weighted by Crippen LogP contribution is 2.17. The van der Waals surface area contributed by atoms with Crippen LogP contribution in [-0.2, 0) is 9.59 Å². The van der Waals surface area contributed by atoms with Gasteiger partial charge in [0.25, 0.3) is 0 Å². The van der Waals surface area contributed by atoms with Gasteiger partial charge in [-0.15, -0.1) is 0 Å². The molecule has 0 saturated heterocycles. The molecule has 1 aromatic rings. The highest BCUT2D eigenvalue weighted by molar-refractivity contribution is 5.97. The van der Waals surface area contributed by atoms with Gasteiger partial charge in [-0.1, -0.05) is 26.0 Å². The lowest BCUT2D eigenvalue weighted by Gasteiger charge is -2.28. The van der Waals surface area contributed by atoms with Crippen LogP contribution in [0.15, 0.2) is 24.3 Å². The van der Waals surface area contributed by atoms with Crippen LogP contribution >= 0.6 is 0 Å². The van der Waals surface area contributed by atoms with Gasteiger partial charge in [0.05, 0.1) is 24.0 Å². The molecule has 1 aromatic carbocycles. The number of nitrogens with two attached hydrogens (primary N) is 2. The third-order valence-corrected chi connectivity index (χ3v) is 3.10. The van der Waals surface area contributed by atoms with Gasteiger partial charge in [-0.05, 0) is 25.0 Å². The summed E-state index contributed by atoms with van der Waals surface area (Å²) in [7, 11) is 0. The van der Waals surface area contributed by atoms with Crippen LogP contribution in [0.3, 0.4) is 0 Å². The standard InChI is InChI=1S/C15H24N4O2/c1-10(2)8-19(9-14(17)20)11(3)15(21)18-13-7-5-4-6-12(13)16/h4-7,10-11H,8-9,16H2,1-3H3,(H2,17,20)(H,18,21). The molecule has 5 N–H and O–H groups in total. The van der Waals surface area contributed by atoms with Crippen molar-refractivity contribution in [1.82, 2.24) is 4.90 Å². The van der Waals surface area contributed by atoms with Crippen molar-refractivity contribution in [3.05, 3.63) is 24.3 Å². The summed E-state index contributed by atoms with van der Waals surface area (Å²) < 4.78 is 0. The van der Waals surface area contributed by atoms with Crippen LogP contribution in [0, 0.1) is 5.92 Å². The number of para-hydroxylation sites is 2. The van der Waals surface area contributed by atoms with Crippen molar-refractivity contribution in [1.29, 1.82) is 0 Å². The Bertz CT molecular complexity index is 502. The van der Waals surface area contributed by atoms with Crippen LogP contribution in [0.4, 0.5) is 11.4 Å². The summed E-state index contributed by atoms with van der Waals surface area (Å²) in [5.74, 6) is -0.342. The molecule has 0 aliphatic carbocycles. The number of hydrogen-bond donors (Lipinski definition) is 3. The third-order valence-electron chi connectivity index (χ3n) is 3.10. The maximum atomic E-state index is 12.3. The molecule has 0 heterocycles. The first kappa shape index (κ1) is 17.0. The van der Waals surface area contributed by atoms with Gasteiger partial charge >= 0.3 is 0 Å². The van der Waals surface area contributed by atoms with Gasteiger partial charge in [-0.3, -0.25) is 14.5 Å². The van der Waals surface area contributed by atoms with Crippen LogP contribution < -0.4 is 16.8 Å². The lowest BCUT2D eigenvalue weighted by molar-refractivity contribution is -0.124. The summed E-state index contributed by atoms with van der Waals surface area (Å²) >= 11 is 0. The predicted octanol–water partition coefficient (Wildman–Crippen LogP) is 1.04. The minimum Gasteiger partial charge on any atom is -0.397 e. The van der Waals surface area contributed by atoms with Gasteiger partial charge < -0.3 is 16.8 Å². The number of anilines is 2. The molecule has 0 saturated carbocycles. The summed E-state index contributed by atoms with van der Waals surface area (Å²) in [5, 5.41) is 2.78. The number of amides is 2. The van der Waals surface area contributed by atoms with Crippen LogP contribution in [0.5, 0.6) is 0 Å². The number of nitrogen functional groups attached to an aromatic ring is 1. The van der Waals surface area contributed by atoms with Crippen LogP contribution in [0.2, 0.25) is 0 Å². The lowest BCUT2D eigenvalue weighted by atomic mass is 10.1. The highest BCUT2D eigenvalue weighted by atomic mass is 16.2. The topological polar surface area (TPSA) is 101 Å². The number of hydrogen-bond acceptors (Lipinski definition) is 4. The van der Waals surface area contributed by atoms with Crippen molar-refractivity contribution < 1.29 is 9.59 Å². The zero-order valence-electron chi connectivity index (χ0n) is 12.8. The summed E-state index contributed by atoms with van der Waals surface area (Å²) in [6, 6.07) is 6.58. The molecule has 0 aromatic heterocycles. The fourth-order valence-electron chi connectivity index (χ4n) is 2.04. The molecule has 1 rings (SSSR count). The second kappa shape index (κ2) is 7.64. The van der Waals surface area contributed by atoms with Gasteiger partial charge in [0.2, 0.25) is 11.8 Å². The number of nitrogens with zero attached hydrogens (tertiary/aromatic N) is 1. The van der Waals surface area contributed by atoms with Crippen molar-refractivity contribution in [2.45, 2.75) is 26.8 Å². The molecule has 0 aliphatic heterocycles. The quantitative estimate of drug-likeness (QED) is 0.653. The van der Waals surface area contributed by atoms with E-state index in [2.05, 4.69) is 5.32 Å². The van der Waals surface area contributed by atoms with E-state index in [0.29, 0.717) is 23.8 Å². The van der Waals surface area contributed by atoms with Crippen molar-refractivity contribution in [2.24, 2.45) is 11.7 Å². The Kier molecular flexibility index (Phi) is 6.17. The third kappa shape index (κ3) is 5.43. The smallest absolute Gasteiger partial charge is 0.241 e. The molecule has 0 spiro atoms. The summed E-state index contributed by atoms with van der Waals surface area (Å²) in [5.41, 5.74) is 12.1. The van der Waals surface area contributed by atoms with E-state index in [1.165, 1.54) is 0 Å². The Morgan fingerprint density at radius 1 is 1.24 bits per heavy atom. The van der Waals surface area contributed by atoms with Crippen molar-refractivity contribution in [3.8, 4) is 0 Å². The van der Waals surface area contributed by atoms with Gasteiger partial charge in [-0.25, -0.2) is 0 Å². The molecule has 0 fully saturated rings. The monoisotopic (exact) mass is 292 g/mol. The number of benzene rings is 1. The molecule has 0 bridgehead atoms. The molecule has 6 nitrogen and oxygen atoms in total. The number of nitrogens with one attached hydrogen (secondary N) is 1. The molecule has 21 heavy (non-hydrogen) atoms. The first-order chi connectivity index (χ1) is 9.81. The van der Waals surface area contributed by atoms with E-state index in [0.717, 1.165) is 0 Å². The minimum absolute atomic E-state index is 0.0526. The molecule has 2 amide bonds. The normalized spacial score (nSPS) is 12.4. The summed E-state index contributed by atoms with van der Waals surface area (Å²) in [6.45, 7) is 6.46. The van der Waals surface area contributed by atoms with E-state index in [1.807, 2.05) is 13.8 Å². The van der Waals surface area contributed by atoms with Crippen molar-refractivity contribution in [2.75, 3.05) is 24.1 Å². The second-order valence-corrected chi connectivity index (χ2v) is 5.54. The Morgan fingerprint density at radius 3 is 2.38 bits per heavy atom.